The van der Waals surface area contributed by atoms with Gasteiger partial charge in [0.05, 0.1) is 57.5 Å². The molecule has 0 aromatic rings. The Hall–Kier alpha value is -2.20. The summed E-state index contributed by atoms with van der Waals surface area (Å²) in [5, 5.41) is 33.8. The summed E-state index contributed by atoms with van der Waals surface area (Å²) in [6, 6.07) is 0. The maximum atomic E-state index is 13.4. The van der Waals surface area contributed by atoms with Crippen molar-refractivity contribution in [3.63, 3.8) is 0 Å². The van der Waals surface area contributed by atoms with Crippen LogP contribution in [-0.4, -0.2) is 427 Å². The number of carbonyl (C=O) groups excluding carboxylic acids is 10. The van der Waals surface area contributed by atoms with Crippen molar-refractivity contribution in [2.24, 2.45) is 0 Å². The van der Waals surface area contributed by atoms with Gasteiger partial charge in [-0.15, -0.1) is 0 Å². The predicted molar refractivity (Wildman–Crippen MR) is 422 cm³/mol. The Bertz CT molecular complexity index is 2200. The first-order chi connectivity index (χ1) is 48.8. The molecule has 572 valence electrons. The molecule has 5 fully saturated rings. The molecule has 5 aliphatic heterocycles. The van der Waals surface area contributed by atoms with Crippen molar-refractivity contribution in [3.8, 4) is 0 Å². The van der Waals surface area contributed by atoms with E-state index in [1.807, 2.05) is 39.2 Å². The summed E-state index contributed by atoms with van der Waals surface area (Å²) in [4.78, 5) is 149. The molecule has 0 atom stereocenters. The van der Waals surface area contributed by atoms with Gasteiger partial charge < -0.3 is 102 Å². The van der Waals surface area contributed by atoms with E-state index in [-0.39, 0.29) is 117 Å². The first-order valence-electron chi connectivity index (χ1n) is 34.8. The number of nitrogens with one attached hydrogen (secondary N) is 10. The van der Waals surface area contributed by atoms with Crippen LogP contribution in [-0.2, 0) is 47.9 Å². The van der Waals surface area contributed by atoms with Gasteiger partial charge >= 0.3 is 0 Å². The third-order valence-electron chi connectivity index (χ3n) is 16.8. The summed E-state index contributed by atoms with van der Waals surface area (Å²) in [5.41, 5.74) is 0. The van der Waals surface area contributed by atoms with Crippen molar-refractivity contribution in [3.05, 3.63) is 0 Å². The molecule has 5 aliphatic rings. The number of thiol groups is 2. The van der Waals surface area contributed by atoms with Crippen LogP contribution in [0.1, 0.15) is 0 Å². The zero-order valence-electron chi connectivity index (χ0n) is 58.1. The number of nitrogens with zero attached hydrogens (tertiary/aromatic N) is 10. The van der Waals surface area contributed by atoms with Crippen LogP contribution in [0.3, 0.4) is 0 Å². The molecule has 5 heterocycles. The number of carbonyl (C=O) groups is 10. The van der Waals surface area contributed by atoms with Crippen molar-refractivity contribution < 1.29 is 47.9 Å². The van der Waals surface area contributed by atoms with E-state index in [9.17, 15) is 47.9 Å². The van der Waals surface area contributed by atoms with E-state index in [2.05, 4.69) is 78.4 Å². The first kappa shape index (κ1) is 88.4. The standard InChI is InChI=1S/C60H112N20O10S10/c81-51(41-91)71-21-1-61-5-25-73(26-6-62-2-22-71)53(83)43-93-95-45-55(85)75-29-9-65-13-33-77(34-14-66-10-30-75)57(87)47-97-99-49-59(89)79-37-17-69-19-39-80(40-20-70-18-38-79)60(90)50-100-98-48-58(88)78-35-15-67-11-31-76(32-12-68-16-36-78)56(86)46-96-94-44-54(84)74-27-7-63-3-23-72(52(82)42-92)24-4-64-8-28-74/h61-70,91-92H,1-50H2. The van der Waals surface area contributed by atoms with Crippen molar-refractivity contribution in [1.29, 1.82) is 0 Å². The van der Waals surface area contributed by atoms with Crippen LogP contribution in [0.2, 0.25) is 0 Å². The van der Waals surface area contributed by atoms with Crippen LogP contribution < -0.4 is 53.2 Å². The van der Waals surface area contributed by atoms with Gasteiger partial charge in [-0.1, -0.05) is 86.4 Å². The number of amides is 10. The molecule has 0 aromatic carbocycles. The van der Waals surface area contributed by atoms with Crippen molar-refractivity contribution in [1.82, 2.24) is 102 Å². The molecule has 5 saturated heterocycles. The van der Waals surface area contributed by atoms with Crippen LogP contribution in [0.25, 0.3) is 0 Å². The lowest BCUT2D eigenvalue weighted by molar-refractivity contribution is -0.129. The highest BCUT2D eigenvalue weighted by Crippen LogP contribution is 2.25. The topological polar surface area (TPSA) is 323 Å². The minimum atomic E-state index is 0.00105. The lowest BCUT2D eigenvalue weighted by atomic mass is 10.3. The lowest BCUT2D eigenvalue weighted by Gasteiger charge is -2.27. The monoisotopic (exact) mass is 1590 g/mol. The normalized spacial score (nSPS) is 19.8. The van der Waals surface area contributed by atoms with Gasteiger partial charge in [0, 0.05) is 262 Å². The zero-order chi connectivity index (χ0) is 71.6. The Morgan fingerprint density at radius 3 is 0.360 bits per heavy atom. The van der Waals surface area contributed by atoms with E-state index in [4.69, 9.17) is 0 Å². The highest BCUT2D eigenvalue weighted by molar-refractivity contribution is 8.78. The maximum Gasteiger partial charge on any atom is 0.233 e. The molecular weight excluding hydrogens is 1480 g/mol. The summed E-state index contributed by atoms with van der Waals surface area (Å²) in [6.45, 7) is 22.8. The first-order valence-corrected chi connectivity index (χ1v) is 46.0. The van der Waals surface area contributed by atoms with Gasteiger partial charge in [0.2, 0.25) is 59.1 Å². The number of hydrogen-bond acceptors (Lipinski definition) is 30. The second-order valence-corrected chi connectivity index (χ2v) is 34.2. The molecule has 100 heavy (non-hydrogen) atoms. The Balaban J connectivity index is 0.871. The molecule has 0 unspecified atom stereocenters. The molecule has 40 heteroatoms. The molecule has 0 aromatic heterocycles. The van der Waals surface area contributed by atoms with E-state index >= 15 is 0 Å². The molecule has 0 bridgehead atoms. The summed E-state index contributed by atoms with van der Waals surface area (Å²) in [6.07, 6.45) is 0. The molecule has 10 amide bonds. The second kappa shape index (κ2) is 56.1. The maximum absolute atomic E-state index is 13.4. The van der Waals surface area contributed by atoms with E-state index in [1.54, 1.807) is 9.80 Å². The van der Waals surface area contributed by atoms with E-state index in [1.165, 1.54) is 86.4 Å². The second-order valence-electron chi connectivity index (χ2n) is 23.7. The van der Waals surface area contributed by atoms with E-state index in [0.29, 0.717) is 262 Å². The largest absolute Gasteiger partial charge is 0.339 e. The predicted octanol–water partition coefficient (Wildman–Crippen LogP) is -4.38. The summed E-state index contributed by atoms with van der Waals surface area (Å²) in [7, 11) is 11.1. The molecule has 0 aliphatic carbocycles. The van der Waals surface area contributed by atoms with E-state index < -0.39 is 0 Å². The molecule has 5 rings (SSSR count). The molecular formula is C60H112N20O10S10. The average molecular weight is 1590 g/mol. The van der Waals surface area contributed by atoms with Crippen molar-refractivity contribution in [2.75, 3.05) is 319 Å². The van der Waals surface area contributed by atoms with Gasteiger partial charge in [-0.25, -0.2) is 0 Å². The molecule has 10 N–H and O–H groups in total. The van der Waals surface area contributed by atoms with Gasteiger partial charge in [0.15, 0.2) is 0 Å². The van der Waals surface area contributed by atoms with Gasteiger partial charge in [0.25, 0.3) is 0 Å². The van der Waals surface area contributed by atoms with Crippen LogP contribution in [0.15, 0.2) is 0 Å². The average Bonchev–Trinajstić information content (AvgIpc) is 1.36. The van der Waals surface area contributed by atoms with Crippen LogP contribution in [0, 0.1) is 0 Å². The van der Waals surface area contributed by atoms with Crippen LogP contribution in [0.4, 0.5) is 0 Å². The summed E-state index contributed by atoms with van der Waals surface area (Å²) < 4.78 is 0. The Labute approximate surface area is 635 Å². The van der Waals surface area contributed by atoms with Crippen molar-refractivity contribution >= 4 is 171 Å². The highest BCUT2D eigenvalue weighted by Gasteiger charge is 2.24. The van der Waals surface area contributed by atoms with Crippen LogP contribution >= 0.6 is 112 Å². The van der Waals surface area contributed by atoms with Crippen LogP contribution in [0.5, 0.6) is 0 Å². The Morgan fingerprint density at radius 1 is 0.180 bits per heavy atom. The third-order valence-corrected chi connectivity index (χ3v) is 25.7. The van der Waals surface area contributed by atoms with E-state index in [0.717, 1.165) is 0 Å². The summed E-state index contributed by atoms with van der Waals surface area (Å²) in [5.74, 6) is 2.47. The minimum absolute atomic E-state index is 0.00105. The van der Waals surface area contributed by atoms with Gasteiger partial charge in [-0.05, 0) is 0 Å². The van der Waals surface area contributed by atoms with Gasteiger partial charge in [-0.2, -0.15) is 25.3 Å². The lowest BCUT2D eigenvalue weighted by Crippen LogP contribution is -2.47. The molecule has 0 radical (unpaired) electrons. The smallest absolute Gasteiger partial charge is 0.233 e. The molecule has 0 spiro atoms. The molecule has 30 nitrogen and oxygen atoms in total. The van der Waals surface area contributed by atoms with Gasteiger partial charge in [0.1, 0.15) is 0 Å². The number of rotatable bonds is 22. The summed E-state index contributed by atoms with van der Waals surface area (Å²) >= 11 is 8.26. The Morgan fingerprint density at radius 2 is 0.270 bits per heavy atom. The highest BCUT2D eigenvalue weighted by atomic mass is 33.1. The fourth-order valence-corrected chi connectivity index (χ4v) is 18.6. The fraction of sp³-hybridized carbons (Fsp3) is 0.833. The minimum Gasteiger partial charge on any atom is -0.339 e. The Kier molecular flexibility index (Phi) is 49.6. The fourth-order valence-electron chi connectivity index (χ4n) is 10.8. The molecule has 0 saturated carbocycles. The quantitative estimate of drug-likeness (QED) is 0.0277. The SMILES string of the molecule is O=C(CS)N1CCNCCN(C(=O)CSSCC(=O)N2CCNCCN(C(=O)CSSCC(=O)N3CCNCCN(C(=O)CSSCC(=O)N4CCNCCN(C(=O)CSSCC(=O)N5CCNCCN(C(=O)CS)CCNCC5)CCNCC4)CCNCC3)CCNCC2)CCNCC1. The van der Waals surface area contributed by atoms with Gasteiger partial charge in [-0.3, -0.25) is 47.9 Å². The number of hydrogen-bond donors (Lipinski definition) is 12. The third kappa shape index (κ3) is 38.4. The zero-order valence-corrected chi connectivity index (χ0v) is 66.4. The van der Waals surface area contributed by atoms with Crippen molar-refractivity contribution in [2.45, 2.75) is 0 Å².